The average molecular weight is 424 g/mol. The van der Waals surface area contributed by atoms with Crippen LogP contribution in [-0.4, -0.2) is 31.8 Å². The molecule has 2 N–H and O–H groups in total. The zero-order chi connectivity index (χ0) is 19.9. The molecular weight excluding hydrogens is 406 g/mol. The SMILES string of the molecule is O=C(O)C(NS(=O)(=O)c1cccc(Cl)c1)Oc1cccc2c1OC1CCCC21. The molecule has 0 bridgehead atoms. The molecule has 3 unspecified atom stereocenters. The van der Waals surface area contributed by atoms with Gasteiger partial charge in [-0.25, -0.2) is 13.2 Å². The van der Waals surface area contributed by atoms with Crippen LogP contribution in [0.1, 0.15) is 30.7 Å². The summed E-state index contributed by atoms with van der Waals surface area (Å²) in [5.74, 6) is -0.509. The highest BCUT2D eigenvalue weighted by atomic mass is 35.5. The normalized spacial score (nSPS) is 21.5. The summed E-state index contributed by atoms with van der Waals surface area (Å²) in [6, 6.07) is 10.8. The molecule has 0 radical (unpaired) electrons. The summed E-state index contributed by atoms with van der Waals surface area (Å²) in [5.41, 5.74) is 0.974. The first-order chi connectivity index (χ1) is 13.3. The molecule has 4 rings (SSSR count). The second-order valence-electron chi connectivity index (χ2n) is 6.78. The Morgan fingerprint density at radius 3 is 2.79 bits per heavy atom. The molecule has 28 heavy (non-hydrogen) atoms. The molecule has 7 nitrogen and oxygen atoms in total. The molecule has 1 aliphatic heterocycles. The highest BCUT2D eigenvalue weighted by Gasteiger charge is 2.40. The predicted octanol–water partition coefficient (Wildman–Crippen LogP) is 3.14. The number of ether oxygens (including phenoxy) is 2. The van der Waals surface area contributed by atoms with Gasteiger partial charge in [-0.3, -0.25) is 0 Å². The van der Waals surface area contributed by atoms with Crippen LogP contribution in [0.2, 0.25) is 5.02 Å². The van der Waals surface area contributed by atoms with Crippen LogP contribution >= 0.6 is 11.6 Å². The molecule has 1 heterocycles. The van der Waals surface area contributed by atoms with E-state index >= 15 is 0 Å². The number of sulfonamides is 1. The van der Waals surface area contributed by atoms with E-state index < -0.39 is 22.2 Å². The topological polar surface area (TPSA) is 102 Å². The number of halogens is 1. The van der Waals surface area contributed by atoms with Crippen LogP contribution in [0.4, 0.5) is 0 Å². The van der Waals surface area contributed by atoms with Gasteiger partial charge in [-0.1, -0.05) is 29.8 Å². The number of hydrogen-bond donors (Lipinski definition) is 2. The fourth-order valence-electron chi connectivity index (χ4n) is 3.71. The molecule has 0 saturated heterocycles. The number of para-hydroxylation sites is 1. The Hall–Kier alpha value is -2.29. The summed E-state index contributed by atoms with van der Waals surface area (Å²) in [5, 5.41) is 9.71. The predicted molar refractivity (Wildman–Crippen MR) is 101 cm³/mol. The number of aliphatic carboxylic acids is 1. The van der Waals surface area contributed by atoms with Gasteiger partial charge in [0.1, 0.15) is 6.10 Å². The van der Waals surface area contributed by atoms with Crippen LogP contribution in [0.15, 0.2) is 47.4 Å². The fourth-order valence-corrected chi connectivity index (χ4v) is 5.07. The lowest BCUT2D eigenvalue weighted by Crippen LogP contribution is -2.44. The zero-order valence-electron chi connectivity index (χ0n) is 14.7. The third-order valence-corrected chi connectivity index (χ3v) is 6.60. The summed E-state index contributed by atoms with van der Waals surface area (Å²) in [6.07, 6.45) is 1.26. The van der Waals surface area contributed by atoms with E-state index in [-0.39, 0.29) is 27.7 Å². The summed E-state index contributed by atoms with van der Waals surface area (Å²) < 4.78 is 38.6. The minimum Gasteiger partial charge on any atom is -0.486 e. The van der Waals surface area contributed by atoms with Crippen molar-refractivity contribution in [2.75, 3.05) is 0 Å². The van der Waals surface area contributed by atoms with Crippen molar-refractivity contribution in [3.8, 4) is 11.5 Å². The molecule has 148 valence electrons. The molecule has 2 aromatic carbocycles. The minimum atomic E-state index is -4.16. The number of carboxylic acids is 1. The van der Waals surface area contributed by atoms with E-state index in [9.17, 15) is 18.3 Å². The number of carboxylic acid groups (broad SMARTS) is 1. The number of benzene rings is 2. The van der Waals surface area contributed by atoms with Gasteiger partial charge >= 0.3 is 5.97 Å². The Morgan fingerprint density at radius 1 is 1.25 bits per heavy atom. The Balaban J connectivity index is 1.59. The minimum absolute atomic E-state index is 0.0613. The number of hydrogen-bond acceptors (Lipinski definition) is 5. The molecule has 1 fully saturated rings. The summed E-state index contributed by atoms with van der Waals surface area (Å²) >= 11 is 5.83. The molecular formula is C19H18ClNO6S. The van der Waals surface area contributed by atoms with Gasteiger partial charge in [0.15, 0.2) is 11.5 Å². The summed E-state index contributed by atoms with van der Waals surface area (Å²) in [4.78, 5) is 11.5. The van der Waals surface area contributed by atoms with Gasteiger partial charge in [-0.05, 0) is 43.5 Å². The standard InChI is InChI=1S/C19H18ClNO6S/c20-11-4-1-5-12(10-11)28(24,25)21-18(19(22)23)27-16-9-3-7-14-13-6-2-8-15(13)26-17(14)16/h1,3-5,7,9-10,13,15,18,21H,2,6,8H2,(H,22,23). The van der Waals surface area contributed by atoms with E-state index in [2.05, 4.69) is 4.72 Å². The first-order valence-corrected chi connectivity index (χ1v) is 10.7. The smallest absolute Gasteiger partial charge is 0.361 e. The van der Waals surface area contributed by atoms with Gasteiger partial charge < -0.3 is 14.6 Å². The highest BCUT2D eigenvalue weighted by Crippen LogP contribution is 2.50. The van der Waals surface area contributed by atoms with Crippen LogP contribution in [-0.2, 0) is 14.8 Å². The molecule has 1 aliphatic carbocycles. The highest BCUT2D eigenvalue weighted by molar-refractivity contribution is 7.89. The Morgan fingerprint density at radius 2 is 2.04 bits per heavy atom. The van der Waals surface area contributed by atoms with Crippen molar-refractivity contribution in [3.05, 3.63) is 53.1 Å². The van der Waals surface area contributed by atoms with E-state index in [4.69, 9.17) is 21.1 Å². The van der Waals surface area contributed by atoms with Crippen molar-refractivity contribution < 1.29 is 27.8 Å². The van der Waals surface area contributed by atoms with E-state index in [1.54, 1.807) is 12.1 Å². The first-order valence-electron chi connectivity index (χ1n) is 8.82. The van der Waals surface area contributed by atoms with Gasteiger partial charge in [-0.2, -0.15) is 4.72 Å². The lowest BCUT2D eigenvalue weighted by Gasteiger charge is -2.19. The van der Waals surface area contributed by atoms with Crippen molar-refractivity contribution in [2.24, 2.45) is 0 Å². The molecule has 0 aromatic heterocycles. The monoisotopic (exact) mass is 423 g/mol. The second-order valence-corrected chi connectivity index (χ2v) is 8.93. The summed E-state index contributed by atoms with van der Waals surface area (Å²) in [6.45, 7) is 0. The first kappa shape index (κ1) is 19.0. The fraction of sp³-hybridized carbons (Fsp3) is 0.316. The molecule has 9 heteroatoms. The maximum absolute atomic E-state index is 12.5. The van der Waals surface area contributed by atoms with Crippen molar-refractivity contribution >= 4 is 27.6 Å². The zero-order valence-corrected chi connectivity index (χ0v) is 16.2. The largest absolute Gasteiger partial charge is 0.486 e. The van der Waals surface area contributed by atoms with Gasteiger partial charge in [-0.15, -0.1) is 0 Å². The molecule has 0 spiro atoms. The molecule has 0 amide bonds. The second kappa shape index (κ2) is 7.27. The van der Waals surface area contributed by atoms with Crippen LogP contribution in [0.5, 0.6) is 11.5 Å². The van der Waals surface area contributed by atoms with Gasteiger partial charge in [0.25, 0.3) is 6.23 Å². The van der Waals surface area contributed by atoms with Crippen LogP contribution in [0, 0.1) is 0 Å². The Bertz CT molecular complexity index is 1020. The van der Waals surface area contributed by atoms with Gasteiger partial charge in [0.2, 0.25) is 10.0 Å². The number of carbonyl (C=O) groups is 1. The quantitative estimate of drug-likeness (QED) is 0.692. The third kappa shape index (κ3) is 3.55. The lowest BCUT2D eigenvalue weighted by molar-refractivity contribution is -0.145. The van der Waals surface area contributed by atoms with Crippen molar-refractivity contribution in [1.82, 2.24) is 4.72 Å². The van der Waals surface area contributed by atoms with Crippen molar-refractivity contribution in [1.29, 1.82) is 0 Å². The Kier molecular flexibility index (Phi) is 4.95. The third-order valence-electron chi connectivity index (χ3n) is 4.97. The Labute approximate surface area is 167 Å². The number of nitrogens with one attached hydrogen (secondary N) is 1. The molecule has 2 aromatic rings. The number of fused-ring (bicyclic) bond motifs is 3. The van der Waals surface area contributed by atoms with Crippen LogP contribution in [0.3, 0.4) is 0 Å². The maximum Gasteiger partial charge on any atom is 0.361 e. The van der Waals surface area contributed by atoms with Gasteiger partial charge in [0, 0.05) is 16.5 Å². The van der Waals surface area contributed by atoms with Crippen LogP contribution in [0.25, 0.3) is 0 Å². The van der Waals surface area contributed by atoms with Crippen molar-refractivity contribution in [3.63, 3.8) is 0 Å². The number of rotatable bonds is 6. The van der Waals surface area contributed by atoms with E-state index in [0.717, 1.165) is 24.8 Å². The van der Waals surface area contributed by atoms with Crippen molar-refractivity contribution in [2.45, 2.75) is 42.4 Å². The molecule has 2 aliphatic rings. The van der Waals surface area contributed by atoms with E-state index in [0.29, 0.717) is 5.75 Å². The maximum atomic E-state index is 12.5. The molecule has 1 saturated carbocycles. The summed E-state index contributed by atoms with van der Waals surface area (Å²) in [7, 11) is -4.16. The van der Waals surface area contributed by atoms with E-state index in [1.807, 2.05) is 6.07 Å². The van der Waals surface area contributed by atoms with E-state index in [1.165, 1.54) is 24.3 Å². The average Bonchev–Trinajstić information content (AvgIpc) is 3.23. The van der Waals surface area contributed by atoms with Gasteiger partial charge in [0.05, 0.1) is 4.90 Å². The lowest BCUT2D eigenvalue weighted by atomic mass is 9.97. The van der Waals surface area contributed by atoms with Crippen LogP contribution < -0.4 is 14.2 Å². The molecule has 3 atom stereocenters.